The Kier molecular flexibility index (Phi) is 9.96. The van der Waals surface area contributed by atoms with Gasteiger partial charge in [0, 0.05) is 6.42 Å². The van der Waals surface area contributed by atoms with Crippen molar-refractivity contribution in [1.29, 1.82) is 0 Å². The highest BCUT2D eigenvalue weighted by Crippen LogP contribution is 2.04. The van der Waals surface area contributed by atoms with Crippen LogP contribution in [-0.4, -0.2) is 59.4 Å². The first-order chi connectivity index (χ1) is 10.3. The Hall–Kier alpha value is -1.81. The standard InChI is InChI=1S/C12H22N4O5S/c1-22-5-4-7(15-10(18)6-13)11(19)16-8(12(20)21)2-3-9(14)17/h7-8H,2-6,13H2,1H3,(H2,14,17)(H,15,18)(H,16,19)(H,20,21)/t7-,8-/m0/s1. The summed E-state index contributed by atoms with van der Waals surface area (Å²) in [5, 5.41) is 13.8. The van der Waals surface area contributed by atoms with Crippen molar-refractivity contribution >= 4 is 35.5 Å². The van der Waals surface area contributed by atoms with E-state index in [2.05, 4.69) is 10.6 Å². The van der Waals surface area contributed by atoms with E-state index in [1.54, 1.807) is 0 Å². The van der Waals surface area contributed by atoms with E-state index in [-0.39, 0.29) is 19.4 Å². The molecule has 0 unspecified atom stereocenters. The summed E-state index contributed by atoms with van der Waals surface area (Å²) in [6, 6.07) is -2.12. The fraction of sp³-hybridized carbons (Fsp3) is 0.667. The number of nitrogens with two attached hydrogens (primary N) is 2. The van der Waals surface area contributed by atoms with Crippen LogP contribution in [-0.2, 0) is 19.2 Å². The van der Waals surface area contributed by atoms with Crippen LogP contribution in [0.3, 0.4) is 0 Å². The first-order valence-corrected chi connectivity index (χ1v) is 8.01. The summed E-state index contributed by atoms with van der Waals surface area (Å²) >= 11 is 1.48. The molecule has 0 spiro atoms. The number of carbonyl (C=O) groups excluding carboxylic acids is 3. The van der Waals surface area contributed by atoms with Gasteiger partial charge in [-0.25, -0.2) is 4.79 Å². The molecular formula is C12H22N4O5S. The van der Waals surface area contributed by atoms with E-state index in [9.17, 15) is 19.2 Å². The zero-order valence-corrected chi connectivity index (χ0v) is 13.1. The molecule has 126 valence electrons. The molecule has 0 fully saturated rings. The highest BCUT2D eigenvalue weighted by molar-refractivity contribution is 7.98. The third-order valence-electron chi connectivity index (χ3n) is 2.74. The molecular weight excluding hydrogens is 312 g/mol. The summed E-state index contributed by atoms with van der Waals surface area (Å²) in [7, 11) is 0. The second-order valence-electron chi connectivity index (χ2n) is 4.51. The van der Waals surface area contributed by atoms with E-state index in [0.717, 1.165) is 0 Å². The molecule has 0 aliphatic heterocycles. The Bertz CT molecular complexity index is 418. The lowest BCUT2D eigenvalue weighted by atomic mass is 10.1. The molecule has 0 heterocycles. The van der Waals surface area contributed by atoms with Crippen molar-refractivity contribution in [1.82, 2.24) is 10.6 Å². The Morgan fingerprint density at radius 2 is 1.77 bits per heavy atom. The lowest BCUT2D eigenvalue weighted by Gasteiger charge is -2.21. The molecule has 0 radical (unpaired) electrons. The fourth-order valence-corrected chi connectivity index (χ4v) is 2.05. The lowest BCUT2D eigenvalue weighted by Crippen LogP contribution is -2.52. The number of nitrogens with one attached hydrogen (secondary N) is 2. The molecule has 22 heavy (non-hydrogen) atoms. The van der Waals surface area contributed by atoms with Crippen molar-refractivity contribution in [3.05, 3.63) is 0 Å². The highest BCUT2D eigenvalue weighted by atomic mass is 32.2. The maximum atomic E-state index is 12.1. The SMILES string of the molecule is CSCC[C@H](NC(=O)CN)C(=O)N[C@@H](CCC(N)=O)C(=O)O. The van der Waals surface area contributed by atoms with Crippen molar-refractivity contribution in [2.45, 2.75) is 31.3 Å². The van der Waals surface area contributed by atoms with Gasteiger partial charge in [-0.15, -0.1) is 0 Å². The smallest absolute Gasteiger partial charge is 0.326 e. The number of hydrogen-bond acceptors (Lipinski definition) is 6. The lowest BCUT2D eigenvalue weighted by molar-refractivity contribution is -0.142. The van der Waals surface area contributed by atoms with Gasteiger partial charge in [0.15, 0.2) is 0 Å². The summed E-state index contributed by atoms with van der Waals surface area (Å²) in [4.78, 5) is 45.2. The zero-order chi connectivity index (χ0) is 17.1. The van der Waals surface area contributed by atoms with Crippen LogP contribution in [0.5, 0.6) is 0 Å². The van der Waals surface area contributed by atoms with E-state index < -0.39 is 35.8 Å². The molecule has 0 aromatic carbocycles. The minimum absolute atomic E-state index is 0.115. The normalized spacial score (nSPS) is 13.0. The van der Waals surface area contributed by atoms with E-state index in [4.69, 9.17) is 16.6 Å². The minimum atomic E-state index is -1.27. The molecule has 0 rings (SSSR count). The summed E-state index contributed by atoms with van der Waals surface area (Å²) in [5.74, 6) is -2.47. The van der Waals surface area contributed by atoms with Gasteiger partial charge in [-0.1, -0.05) is 0 Å². The van der Waals surface area contributed by atoms with Crippen LogP contribution >= 0.6 is 11.8 Å². The van der Waals surface area contributed by atoms with Crippen LogP contribution in [0, 0.1) is 0 Å². The molecule has 0 bridgehead atoms. The van der Waals surface area contributed by atoms with Gasteiger partial charge in [-0.05, 0) is 24.9 Å². The second-order valence-corrected chi connectivity index (χ2v) is 5.50. The average molecular weight is 334 g/mol. The maximum Gasteiger partial charge on any atom is 0.326 e. The molecule has 0 aromatic heterocycles. The molecule has 3 amide bonds. The number of primary amides is 1. The molecule has 0 aliphatic rings. The van der Waals surface area contributed by atoms with Crippen molar-refractivity contribution in [3.8, 4) is 0 Å². The minimum Gasteiger partial charge on any atom is -0.480 e. The van der Waals surface area contributed by atoms with Gasteiger partial charge >= 0.3 is 5.97 Å². The van der Waals surface area contributed by atoms with Gasteiger partial charge in [-0.3, -0.25) is 14.4 Å². The van der Waals surface area contributed by atoms with E-state index in [0.29, 0.717) is 12.2 Å². The quantitative estimate of drug-likeness (QED) is 0.292. The second kappa shape index (κ2) is 10.9. The molecule has 0 saturated heterocycles. The summed E-state index contributed by atoms with van der Waals surface area (Å²) in [6.45, 7) is -0.271. The van der Waals surface area contributed by atoms with Crippen LogP contribution in [0.25, 0.3) is 0 Å². The van der Waals surface area contributed by atoms with E-state index >= 15 is 0 Å². The van der Waals surface area contributed by atoms with Crippen LogP contribution in [0.2, 0.25) is 0 Å². The van der Waals surface area contributed by atoms with Gasteiger partial charge in [0.25, 0.3) is 0 Å². The third-order valence-corrected chi connectivity index (χ3v) is 3.39. The monoisotopic (exact) mass is 334 g/mol. The molecule has 9 nitrogen and oxygen atoms in total. The van der Waals surface area contributed by atoms with Gasteiger partial charge in [0.1, 0.15) is 12.1 Å². The largest absolute Gasteiger partial charge is 0.480 e. The van der Waals surface area contributed by atoms with Gasteiger partial charge < -0.3 is 27.2 Å². The van der Waals surface area contributed by atoms with Gasteiger partial charge in [0.2, 0.25) is 17.7 Å². The zero-order valence-electron chi connectivity index (χ0n) is 12.3. The van der Waals surface area contributed by atoms with E-state index in [1.807, 2.05) is 6.26 Å². The summed E-state index contributed by atoms with van der Waals surface area (Å²) < 4.78 is 0. The van der Waals surface area contributed by atoms with Crippen LogP contribution in [0.1, 0.15) is 19.3 Å². The molecule has 0 saturated carbocycles. The Labute approximate surface area is 132 Å². The molecule has 7 N–H and O–H groups in total. The molecule has 2 atom stereocenters. The Balaban J connectivity index is 4.75. The molecule has 0 aliphatic carbocycles. The summed E-state index contributed by atoms with van der Waals surface area (Å²) in [5.41, 5.74) is 10.1. The van der Waals surface area contributed by atoms with Gasteiger partial charge in [0.05, 0.1) is 6.54 Å². The van der Waals surface area contributed by atoms with Crippen molar-refractivity contribution in [2.24, 2.45) is 11.5 Å². The number of thioether (sulfide) groups is 1. The van der Waals surface area contributed by atoms with Crippen LogP contribution in [0.4, 0.5) is 0 Å². The third kappa shape index (κ3) is 8.47. The predicted molar refractivity (Wildman–Crippen MR) is 82.0 cm³/mol. The summed E-state index contributed by atoms with van der Waals surface area (Å²) in [6.07, 6.45) is 1.89. The Morgan fingerprint density at radius 1 is 1.14 bits per heavy atom. The Morgan fingerprint density at radius 3 is 2.23 bits per heavy atom. The number of carbonyl (C=O) groups is 4. The van der Waals surface area contributed by atoms with Crippen LogP contribution < -0.4 is 22.1 Å². The number of carboxylic acid groups (broad SMARTS) is 1. The molecule has 10 heteroatoms. The number of hydrogen-bond donors (Lipinski definition) is 5. The fourth-order valence-electron chi connectivity index (χ4n) is 1.57. The molecule has 0 aromatic rings. The topological polar surface area (TPSA) is 165 Å². The number of amides is 3. The first-order valence-electron chi connectivity index (χ1n) is 6.61. The van der Waals surface area contributed by atoms with E-state index in [1.165, 1.54) is 11.8 Å². The van der Waals surface area contributed by atoms with Gasteiger partial charge in [-0.2, -0.15) is 11.8 Å². The number of aliphatic carboxylic acids is 1. The first kappa shape index (κ1) is 20.2. The van der Waals surface area contributed by atoms with Crippen molar-refractivity contribution < 1.29 is 24.3 Å². The number of rotatable bonds is 11. The average Bonchev–Trinajstić information content (AvgIpc) is 2.46. The van der Waals surface area contributed by atoms with Crippen molar-refractivity contribution in [2.75, 3.05) is 18.6 Å². The maximum absolute atomic E-state index is 12.1. The van der Waals surface area contributed by atoms with Crippen LogP contribution in [0.15, 0.2) is 0 Å². The van der Waals surface area contributed by atoms with Crippen molar-refractivity contribution in [3.63, 3.8) is 0 Å². The highest BCUT2D eigenvalue weighted by Gasteiger charge is 2.26. The predicted octanol–water partition coefficient (Wildman–Crippen LogP) is -1.98. The number of carboxylic acids is 1.